The maximum atomic E-state index is 4.83. The van der Waals surface area contributed by atoms with Crippen molar-refractivity contribution in [3.8, 4) is 11.3 Å². The van der Waals surface area contributed by atoms with Gasteiger partial charge in [0, 0.05) is 23.0 Å². The minimum absolute atomic E-state index is 0.492. The third-order valence-electron chi connectivity index (χ3n) is 2.93. The summed E-state index contributed by atoms with van der Waals surface area (Å²) in [5.74, 6) is 0.514. The van der Waals surface area contributed by atoms with Gasteiger partial charge in [-0.15, -0.1) is 11.3 Å². The van der Waals surface area contributed by atoms with Gasteiger partial charge in [-0.05, 0) is 5.92 Å². The summed E-state index contributed by atoms with van der Waals surface area (Å²) in [5, 5.41) is 4.62. The van der Waals surface area contributed by atoms with Gasteiger partial charge >= 0.3 is 0 Å². The van der Waals surface area contributed by atoms with Gasteiger partial charge in [0.1, 0.15) is 5.01 Å². The Labute approximate surface area is 119 Å². The van der Waals surface area contributed by atoms with Crippen LogP contribution in [-0.2, 0) is 6.54 Å². The molecule has 3 heteroatoms. The third kappa shape index (κ3) is 3.64. The van der Waals surface area contributed by atoms with Crippen LogP contribution in [0.15, 0.2) is 30.3 Å². The molecule has 1 aromatic carbocycles. The van der Waals surface area contributed by atoms with Crippen molar-refractivity contribution in [3.05, 3.63) is 40.2 Å². The van der Waals surface area contributed by atoms with Crippen LogP contribution in [0.4, 0.5) is 0 Å². The lowest BCUT2D eigenvalue weighted by atomic mass is 10.1. The highest BCUT2D eigenvalue weighted by atomic mass is 32.1. The number of nitrogens with one attached hydrogen (secondary N) is 1. The van der Waals surface area contributed by atoms with E-state index >= 15 is 0 Å². The van der Waals surface area contributed by atoms with Crippen LogP contribution in [0, 0.1) is 0 Å². The summed E-state index contributed by atoms with van der Waals surface area (Å²) in [5.41, 5.74) is 2.37. The summed E-state index contributed by atoms with van der Waals surface area (Å²) >= 11 is 1.83. The Balaban J connectivity index is 2.31. The molecule has 2 aromatic rings. The molecule has 0 amide bonds. The van der Waals surface area contributed by atoms with E-state index in [1.165, 1.54) is 15.4 Å². The summed E-state index contributed by atoms with van der Waals surface area (Å²) in [4.78, 5) is 6.21. The molecule has 1 heterocycles. The van der Waals surface area contributed by atoms with E-state index in [1.54, 1.807) is 0 Å². The highest BCUT2D eigenvalue weighted by Crippen LogP contribution is 2.33. The molecule has 0 aliphatic rings. The number of hydrogen-bond donors (Lipinski definition) is 1. The van der Waals surface area contributed by atoms with Crippen molar-refractivity contribution in [2.75, 3.05) is 0 Å². The molecule has 2 nitrogen and oxygen atoms in total. The van der Waals surface area contributed by atoms with E-state index < -0.39 is 0 Å². The molecule has 0 atom stereocenters. The summed E-state index contributed by atoms with van der Waals surface area (Å²) in [6.07, 6.45) is 0. The van der Waals surface area contributed by atoms with Crippen LogP contribution in [-0.4, -0.2) is 11.0 Å². The van der Waals surface area contributed by atoms with Crippen molar-refractivity contribution in [3.63, 3.8) is 0 Å². The highest BCUT2D eigenvalue weighted by molar-refractivity contribution is 7.12. The Hall–Kier alpha value is -1.19. The van der Waals surface area contributed by atoms with E-state index in [-0.39, 0.29) is 0 Å². The minimum Gasteiger partial charge on any atom is -0.308 e. The zero-order chi connectivity index (χ0) is 13.8. The van der Waals surface area contributed by atoms with E-state index in [2.05, 4.69) is 57.3 Å². The van der Waals surface area contributed by atoms with Gasteiger partial charge in [0.25, 0.3) is 0 Å². The quantitative estimate of drug-likeness (QED) is 0.872. The van der Waals surface area contributed by atoms with Gasteiger partial charge in [-0.2, -0.15) is 0 Å². The van der Waals surface area contributed by atoms with Crippen LogP contribution in [0.2, 0.25) is 0 Å². The van der Waals surface area contributed by atoms with Crippen molar-refractivity contribution in [1.29, 1.82) is 0 Å². The number of thiazole rings is 1. The fourth-order valence-corrected chi connectivity index (χ4v) is 2.98. The second kappa shape index (κ2) is 6.31. The van der Waals surface area contributed by atoms with Gasteiger partial charge in [-0.1, -0.05) is 58.0 Å². The molecule has 0 radical (unpaired) electrons. The summed E-state index contributed by atoms with van der Waals surface area (Å²) in [6, 6.07) is 11.0. The van der Waals surface area contributed by atoms with E-state index in [0.717, 1.165) is 12.2 Å². The zero-order valence-corrected chi connectivity index (χ0v) is 12.9. The van der Waals surface area contributed by atoms with Crippen molar-refractivity contribution < 1.29 is 0 Å². The smallest absolute Gasteiger partial charge is 0.107 e. The first kappa shape index (κ1) is 14.2. The molecule has 1 aromatic heterocycles. The van der Waals surface area contributed by atoms with Crippen LogP contribution >= 0.6 is 11.3 Å². The standard InChI is InChI=1S/C16H22N2S/c1-11(2)16-15(13-8-6-5-7-9-13)18-14(19-16)10-17-12(3)4/h5-9,11-12,17H,10H2,1-4H3. The second-order valence-corrected chi connectivity index (χ2v) is 6.49. The van der Waals surface area contributed by atoms with E-state index in [0.29, 0.717) is 12.0 Å². The van der Waals surface area contributed by atoms with Gasteiger partial charge in [0.05, 0.1) is 5.69 Å². The predicted octanol–water partition coefficient (Wildman–Crippen LogP) is 4.43. The number of aromatic nitrogens is 1. The van der Waals surface area contributed by atoms with Crippen molar-refractivity contribution in [2.45, 2.75) is 46.2 Å². The molecule has 0 unspecified atom stereocenters. The molecule has 102 valence electrons. The minimum atomic E-state index is 0.492. The maximum absolute atomic E-state index is 4.83. The zero-order valence-electron chi connectivity index (χ0n) is 12.1. The number of benzene rings is 1. The number of nitrogens with zero attached hydrogens (tertiary/aromatic N) is 1. The van der Waals surface area contributed by atoms with Crippen LogP contribution in [0.1, 0.15) is 43.5 Å². The van der Waals surface area contributed by atoms with Gasteiger partial charge in [0.2, 0.25) is 0 Å². The lowest BCUT2D eigenvalue weighted by molar-refractivity contribution is 0.587. The molecule has 0 fully saturated rings. The number of hydrogen-bond acceptors (Lipinski definition) is 3. The molecule has 0 aliphatic carbocycles. The first-order chi connectivity index (χ1) is 9.08. The predicted molar refractivity (Wildman–Crippen MR) is 83.6 cm³/mol. The summed E-state index contributed by atoms with van der Waals surface area (Å²) < 4.78 is 0. The molecule has 0 bridgehead atoms. The average molecular weight is 274 g/mol. The van der Waals surface area contributed by atoms with Gasteiger partial charge in [0.15, 0.2) is 0 Å². The van der Waals surface area contributed by atoms with Gasteiger partial charge < -0.3 is 5.32 Å². The maximum Gasteiger partial charge on any atom is 0.107 e. The Morgan fingerprint density at radius 1 is 1.11 bits per heavy atom. The first-order valence-electron chi connectivity index (χ1n) is 6.86. The Morgan fingerprint density at radius 3 is 2.37 bits per heavy atom. The molecular formula is C16H22N2S. The molecule has 0 saturated carbocycles. The van der Waals surface area contributed by atoms with Crippen LogP contribution in [0.5, 0.6) is 0 Å². The third-order valence-corrected chi connectivity index (χ3v) is 4.29. The first-order valence-corrected chi connectivity index (χ1v) is 7.68. The number of rotatable bonds is 5. The summed E-state index contributed by atoms with van der Waals surface area (Å²) in [7, 11) is 0. The van der Waals surface area contributed by atoms with E-state index in [4.69, 9.17) is 4.98 Å². The SMILES string of the molecule is CC(C)NCc1nc(-c2ccccc2)c(C(C)C)s1. The molecule has 2 rings (SSSR count). The van der Waals surface area contributed by atoms with Crippen LogP contribution < -0.4 is 5.32 Å². The molecule has 19 heavy (non-hydrogen) atoms. The Morgan fingerprint density at radius 2 is 1.79 bits per heavy atom. The largest absolute Gasteiger partial charge is 0.308 e. The highest BCUT2D eigenvalue weighted by Gasteiger charge is 2.15. The normalized spacial score (nSPS) is 11.5. The van der Waals surface area contributed by atoms with Crippen molar-refractivity contribution in [2.24, 2.45) is 0 Å². The molecule has 1 N–H and O–H groups in total. The molecular weight excluding hydrogens is 252 g/mol. The molecule has 0 saturated heterocycles. The molecule has 0 aliphatic heterocycles. The van der Waals surface area contributed by atoms with E-state index in [1.807, 2.05) is 17.4 Å². The molecule has 0 spiro atoms. The average Bonchev–Trinajstić information content (AvgIpc) is 2.82. The van der Waals surface area contributed by atoms with Crippen LogP contribution in [0.3, 0.4) is 0 Å². The monoisotopic (exact) mass is 274 g/mol. The van der Waals surface area contributed by atoms with Gasteiger partial charge in [-0.25, -0.2) is 4.98 Å². The second-order valence-electron chi connectivity index (χ2n) is 5.38. The van der Waals surface area contributed by atoms with Crippen LogP contribution in [0.25, 0.3) is 11.3 Å². The Kier molecular flexibility index (Phi) is 4.72. The van der Waals surface area contributed by atoms with Crippen molar-refractivity contribution in [1.82, 2.24) is 10.3 Å². The van der Waals surface area contributed by atoms with E-state index in [9.17, 15) is 0 Å². The topological polar surface area (TPSA) is 24.9 Å². The lowest BCUT2D eigenvalue weighted by Crippen LogP contribution is -2.21. The summed E-state index contributed by atoms with van der Waals surface area (Å²) in [6.45, 7) is 9.65. The Bertz CT molecular complexity index is 515. The van der Waals surface area contributed by atoms with Crippen molar-refractivity contribution >= 4 is 11.3 Å². The lowest BCUT2D eigenvalue weighted by Gasteiger charge is -2.04. The fourth-order valence-electron chi connectivity index (χ4n) is 1.94. The van der Waals surface area contributed by atoms with Gasteiger partial charge in [-0.3, -0.25) is 0 Å². The fraction of sp³-hybridized carbons (Fsp3) is 0.438.